The van der Waals surface area contributed by atoms with Crippen LogP contribution in [0.1, 0.15) is 40.5 Å². The zero-order chi connectivity index (χ0) is 17.8. The summed E-state index contributed by atoms with van der Waals surface area (Å²) in [7, 11) is 0. The van der Waals surface area contributed by atoms with Crippen molar-refractivity contribution in [2.45, 2.75) is 67.2 Å². The Labute approximate surface area is 189 Å². The fourth-order valence-electron chi connectivity index (χ4n) is 1.61. The third-order valence-electron chi connectivity index (χ3n) is 2.43. The average Bonchev–Trinajstić information content (AvgIpc) is 2.35. The molecule has 6 unspecified atom stereocenters. The van der Waals surface area contributed by atoms with Gasteiger partial charge >= 0.3 is 191 Å². The van der Waals surface area contributed by atoms with Crippen LogP contribution in [0.15, 0.2) is 0 Å². The van der Waals surface area contributed by atoms with E-state index in [1.807, 2.05) is 47.0 Å². The van der Waals surface area contributed by atoms with Gasteiger partial charge in [0.1, 0.15) is 0 Å². The van der Waals surface area contributed by atoms with Crippen LogP contribution >= 0.6 is 97.6 Å². The van der Waals surface area contributed by atoms with Crippen molar-refractivity contribution in [3.8, 4) is 0 Å². The minimum absolute atomic E-state index is 0.409. The standard InChI is InChI=1S/C14H30S8Se/c1-9(15)19-7-5-13(21-11(3)17)23-14(22-12(4)18)6-8-20-10(2)16/h9-18H,5-8H2,1-4H3. The molecule has 140 valence electrons. The number of hydrogen-bond donors (Lipinski definition) is 4. The van der Waals surface area contributed by atoms with Crippen LogP contribution in [0.5, 0.6) is 0 Å². The fourth-order valence-corrected chi connectivity index (χ4v) is 14.6. The maximum absolute atomic E-state index is 4.60. The summed E-state index contributed by atoms with van der Waals surface area (Å²) in [4.78, 5) is 0. The second-order valence-electron chi connectivity index (χ2n) is 4.98. The van der Waals surface area contributed by atoms with Crippen LogP contribution in [0.25, 0.3) is 0 Å². The van der Waals surface area contributed by atoms with E-state index in [-0.39, 0.29) is 0 Å². The summed E-state index contributed by atoms with van der Waals surface area (Å²) in [5.41, 5.74) is 0. The van der Waals surface area contributed by atoms with Gasteiger partial charge in [-0.2, -0.15) is 0 Å². The molecule has 0 radical (unpaired) electrons. The Hall–Kier alpha value is 3.32. The van der Waals surface area contributed by atoms with Crippen LogP contribution in [0.2, 0.25) is 0 Å². The van der Waals surface area contributed by atoms with E-state index in [0.29, 0.717) is 33.3 Å². The van der Waals surface area contributed by atoms with Crippen molar-refractivity contribution in [3.05, 3.63) is 0 Å². The molecule has 0 bridgehead atoms. The SMILES string of the molecule is CC(S)SCCC(SC(C)S)[Se]C(CCSC(C)S)SC(C)S. The molecule has 0 fully saturated rings. The molecule has 0 aromatic carbocycles. The van der Waals surface area contributed by atoms with Crippen LogP contribution < -0.4 is 0 Å². The molecule has 6 atom stereocenters. The normalized spacial score (nSPS) is 19.8. The van der Waals surface area contributed by atoms with Crippen LogP contribution in [0.3, 0.4) is 0 Å². The van der Waals surface area contributed by atoms with Crippen molar-refractivity contribution in [1.29, 1.82) is 0 Å². The topological polar surface area (TPSA) is 0 Å². The summed E-state index contributed by atoms with van der Waals surface area (Å²) in [6.45, 7) is 8.68. The van der Waals surface area contributed by atoms with E-state index in [1.165, 1.54) is 24.3 Å². The third-order valence-corrected chi connectivity index (χ3v) is 12.6. The summed E-state index contributed by atoms with van der Waals surface area (Å²) < 4.78 is 3.14. The minimum atomic E-state index is 0.409. The molecule has 0 aromatic heterocycles. The van der Waals surface area contributed by atoms with Crippen LogP contribution in [0.4, 0.5) is 0 Å². The van der Waals surface area contributed by atoms with Gasteiger partial charge in [0.25, 0.3) is 0 Å². The number of hydrogen-bond acceptors (Lipinski definition) is 8. The van der Waals surface area contributed by atoms with E-state index < -0.39 is 0 Å². The molecule has 0 rings (SSSR count). The molecule has 23 heavy (non-hydrogen) atoms. The van der Waals surface area contributed by atoms with Crippen molar-refractivity contribution in [2.75, 3.05) is 11.5 Å². The van der Waals surface area contributed by atoms with E-state index in [4.69, 9.17) is 0 Å². The van der Waals surface area contributed by atoms with Gasteiger partial charge in [-0.3, -0.25) is 0 Å². The van der Waals surface area contributed by atoms with Gasteiger partial charge in [-0.25, -0.2) is 0 Å². The second kappa shape index (κ2) is 16.3. The molecule has 0 amide bonds. The Morgan fingerprint density at radius 3 is 1.26 bits per heavy atom. The first kappa shape index (κ1) is 26.3. The van der Waals surface area contributed by atoms with Crippen LogP contribution in [-0.4, -0.2) is 53.1 Å². The molecule has 0 saturated heterocycles. The molecule has 0 aromatic rings. The number of thioether (sulfide) groups is 4. The van der Waals surface area contributed by atoms with Gasteiger partial charge in [0, 0.05) is 0 Å². The van der Waals surface area contributed by atoms with Gasteiger partial charge in [-0.1, -0.05) is 0 Å². The summed E-state index contributed by atoms with van der Waals surface area (Å²) in [5.74, 6) is 2.39. The zero-order valence-corrected chi connectivity index (χ0v) is 22.7. The molecule has 0 aliphatic heterocycles. The van der Waals surface area contributed by atoms with Gasteiger partial charge in [-0.05, 0) is 0 Å². The molecule has 0 nitrogen and oxygen atoms in total. The maximum atomic E-state index is 4.60. The van der Waals surface area contributed by atoms with Gasteiger partial charge in [0.05, 0.1) is 0 Å². The molecule has 0 aliphatic carbocycles. The van der Waals surface area contributed by atoms with Crippen molar-refractivity contribution in [2.24, 2.45) is 0 Å². The predicted molar refractivity (Wildman–Crippen MR) is 136 cm³/mol. The van der Waals surface area contributed by atoms with Crippen molar-refractivity contribution >= 4 is 113 Å². The molecular weight excluding hydrogens is 504 g/mol. The van der Waals surface area contributed by atoms with E-state index in [0.717, 1.165) is 8.30 Å². The monoisotopic (exact) mass is 534 g/mol. The third kappa shape index (κ3) is 18.4. The van der Waals surface area contributed by atoms with Crippen molar-refractivity contribution in [3.63, 3.8) is 0 Å². The molecule has 0 spiro atoms. The first-order chi connectivity index (χ1) is 10.7. The zero-order valence-electron chi connectivity index (χ0n) is 14.1. The Kier molecular flexibility index (Phi) is 18.6. The Bertz CT molecular complexity index is 250. The summed E-state index contributed by atoms with van der Waals surface area (Å²) in [6, 6.07) is 0. The van der Waals surface area contributed by atoms with Crippen LogP contribution in [0, 0.1) is 0 Å². The van der Waals surface area contributed by atoms with Crippen molar-refractivity contribution in [1.82, 2.24) is 0 Å². The summed E-state index contributed by atoms with van der Waals surface area (Å²) >= 11 is 26.7. The number of rotatable bonds is 14. The Morgan fingerprint density at radius 2 is 1.00 bits per heavy atom. The van der Waals surface area contributed by atoms with Gasteiger partial charge in [0.15, 0.2) is 0 Å². The Morgan fingerprint density at radius 1 is 0.652 bits per heavy atom. The molecule has 0 saturated carbocycles. The molecular formula is C14H30S8Se. The van der Waals surface area contributed by atoms with Crippen LogP contribution in [-0.2, 0) is 0 Å². The van der Waals surface area contributed by atoms with E-state index in [2.05, 4.69) is 78.2 Å². The van der Waals surface area contributed by atoms with Crippen molar-refractivity contribution < 1.29 is 0 Å². The first-order valence-corrected chi connectivity index (χ1v) is 15.6. The van der Waals surface area contributed by atoms with Gasteiger partial charge in [-0.15, -0.1) is 0 Å². The summed E-state index contributed by atoms with van der Waals surface area (Å²) in [5, 5.41) is 0. The first-order valence-electron chi connectivity index (χ1n) is 7.62. The molecule has 0 heterocycles. The molecule has 9 heteroatoms. The average molecular weight is 534 g/mol. The second-order valence-corrected chi connectivity index (χ2v) is 19.8. The molecule has 0 N–H and O–H groups in total. The number of thiol groups is 4. The van der Waals surface area contributed by atoms with Gasteiger partial charge < -0.3 is 0 Å². The predicted octanol–water partition coefficient (Wildman–Crippen LogP) is 6.16. The van der Waals surface area contributed by atoms with E-state index >= 15 is 0 Å². The van der Waals surface area contributed by atoms with Gasteiger partial charge in [0.2, 0.25) is 0 Å². The fraction of sp³-hybridized carbons (Fsp3) is 1.00. The Balaban J connectivity index is 4.47. The molecule has 0 aliphatic rings. The quantitative estimate of drug-likeness (QED) is 0.120. The van der Waals surface area contributed by atoms with E-state index in [9.17, 15) is 0 Å². The summed E-state index contributed by atoms with van der Waals surface area (Å²) in [6.07, 6.45) is 2.53. The van der Waals surface area contributed by atoms with E-state index in [1.54, 1.807) is 0 Å².